The van der Waals surface area contributed by atoms with Crippen LogP contribution in [-0.4, -0.2) is 60.8 Å². The number of aliphatic hydroxyl groups excluding tert-OH is 2. The number of hydrogen-bond donors (Lipinski definition) is 3. The van der Waals surface area contributed by atoms with Gasteiger partial charge in [-0.1, -0.05) is 0 Å². The summed E-state index contributed by atoms with van der Waals surface area (Å²) in [5, 5.41) is 24.1. The Morgan fingerprint density at radius 2 is 1.62 bits per heavy atom. The van der Waals surface area contributed by atoms with Gasteiger partial charge >= 0.3 is 11.9 Å². The van der Waals surface area contributed by atoms with Crippen molar-refractivity contribution in [2.24, 2.45) is 0 Å². The van der Waals surface area contributed by atoms with Crippen LogP contribution >= 0.6 is 0 Å². The van der Waals surface area contributed by atoms with Gasteiger partial charge in [-0.25, -0.2) is 9.59 Å². The summed E-state index contributed by atoms with van der Waals surface area (Å²) in [6.07, 6.45) is 1.55. The average molecular weight is 236 g/mol. The van der Waals surface area contributed by atoms with Gasteiger partial charge in [0.05, 0.1) is 33.5 Å². The van der Waals surface area contributed by atoms with Gasteiger partial charge in [-0.2, -0.15) is 0 Å². The summed E-state index contributed by atoms with van der Waals surface area (Å²) < 4.78 is 8.74. The van der Waals surface area contributed by atoms with Crippen LogP contribution in [-0.2, 0) is 19.1 Å². The van der Waals surface area contributed by atoms with E-state index in [9.17, 15) is 9.59 Å². The van der Waals surface area contributed by atoms with E-state index in [-0.39, 0.29) is 13.2 Å². The third-order valence-corrected chi connectivity index (χ3v) is 1.03. The predicted molar refractivity (Wildman–Crippen MR) is 53.8 cm³/mol. The van der Waals surface area contributed by atoms with E-state index >= 15 is 0 Å². The average Bonchev–Trinajstić information content (AvgIpc) is 2.27. The molecule has 0 unspecified atom stereocenters. The van der Waals surface area contributed by atoms with Crippen LogP contribution in [0.4, 0.5) is 0 Å². The first-order valence-electron chi connectivity index (χ1n) is 4.36. The molecule has 0 amide bonds. The van der Waals surface area contributed by atoms with Crippen molar-refractivity contribution < 1.29 is 34.4 Å². The largest absolute Gasteiger partial charge is 0.478 e. The Morgan fingerprint density at radius 3 is 1.94 bits per heavy atom. The van der Waals surface area contributed by atoms with Gasteiger partial charge in [-0.15, -0.1) is 0 Å². The molecule has 0 aliphatic heterocycles. The molecule has 94 valence electrons. The number of esters is 1. The molecule has 0 heterocycles. The molecule has 3 N–H and O–H groups in total. The lowest BCUT2D eigenvalue weighted by Gasteiger charge is -1.94. The van der Waals surface area contributed by atoms with Gasteiger partial charge in [0.15, 0.2) is 0 Å². The first kappa shape index (κ1) is 17.0. The maximum Gasteiger partial charge on any atom is 0.330 e. The molecule has 0 radical (unpaired) electrons. The first-order valence-corrected chi connectivity index (χ1v) is 4.36. The molecule has 0 saturated carbocycles. The van der Waals surface area contributed by atoms with Crippen LogP contribution in [0, 0.1) is 0 Å². The Balaban J connectivity index is 0. The molecular formula is C9H16O7. The number of carboxylic acids is 1. The Bertz CT molecular complexity index is 208. The minimum Gasteiger partial charge on any atom is -0.478 e. The van der Waals surface area contributed by atoms with E-state index in [0.29, 0.717) is 19.3 Å². The van der Waals surface area contributed by atoms with Gasteiger partial charge < -0.3 is 24.8 Å². The van der Waals surface area contributed by atoms with Gasteiger partial charge in [0.2, 0.25) is 0 Å². The second kappa shape index (κ2) is 13.6. The molecule has 0 aliphatic carbocycles. The standard InChI is InChI=1S/C5H6O4.C4H10O3/c1-9-5(8)3-2-4(6)7;5-1-3-7-4-2-6/h2-3H,1H3,(H,6,7);5-6H,1-4H2. The number of rotatable bonds is 6. The van der Waals surface area contributed by atoms with E-state index in [4.69, 9.17) is 15.3 Å². The maximum atomic E-state index is 10.1. The summed E-state index contributed by atoms with van der Waals surface area (Å²) in [5.74, 6) is -1.84. The van der Waals surface area contributed by atoms with Crippen molar-refractivity contribution in [3.8, 4) is 0 Å². The lowest BCUT2D eigenvalue weighted by molar-refractivity contribution is -0.136. The minimum absolute atomic E-state index is 0.0278. The van der Waals surface area contributed by atoms with E-state index in [2.05, 4.69) is 9.47 Å². The summed E-state index contributed by atoms with van der Waals surface area (Å²) in [5.41, 5.74) is 0. The van der Waals surface area contributed by atoms with Crippen LogP contribution in [0.5, 0.6) is 0 Å². The van der Waals surface area contributed by atoms with Gasteiger partial charge in [-0.3, -0.25) is 0 Å². The quantitative estimate of drug-likeness (QED) is 0.301. The highest BCUT2D eigenvalue weighted by Crippen LogP contribution is 1.76. The summed E-state index contributed by atoms with van der Waals surface area (Å²) in [6.45, 7) is 0.696. The molecule has 7 nitrogen and oxygen atoms in total. The highest BCUT2D eigenvalue weighted by atomic mass is 16.5. The second-order valence-electron chi connectivity index (χ2n) is 2.25. The molecule has 0 spiro atoms. The van der Waals surface area contributed by atoms with Crippen molar-refractivity contribution in [2.75, 3.05) is 33.5 Å². The normalized spacial score (nSPS) is 9.44. The van der Waals surface area contributed by atoms with Crippen molar-refractivity contribution in [1.29, 1.82) is 0 Å². The third-order valence-electron chi connectivity index (χ3n) is 1.03. The van der Waals surface area contributed by atoms with Crippen molar-refractivity contribution in [3.63, 3.8) is 0 Å². The Kier molecular flexibility index (Phi) is 14.4. The summed E-state index contributed by atoms with van der Waals surface area (Å²) >= 11 is 0. The van der Waals surface area contributed by atoms with Crippen LogP contribution in [0.15, 0.2) is 12.2 Å². The number of hydrogen-bond acceptors (Lipinski definition) is 6. The van der Waals surface area contributed by atoms with Crippen molar-refractivity contribution in [2.45, 2.75) is 0 Å². The smallest absolute Gasteiger partial charge is 0.330 e. The zero-order chi connectivity index (χ0) is 12.8. The number of carboxylic acid groups (broad SMARTS) is 1. The van der Waals surface area contributed by atoms with Gasteiger partial charge in [0.25, 0.3) is 0 Å². The van der Waals surface area contributed by atoms with Crippen LogP contribution in [0.25, 0.3) is 0 Å². The fourth-order valence-corrected chi connectivity index (χ4v) is 0.439. The molecule has 0 saturated heterocycles. The SMILES string of the molecule is COC(=O)C=CC(=O)O.OCCOCCO. The molecule has 0 aromatic carbocycles. The lowest BCUT2D eigenvalue weighted by Crippen LogP contribution is -2.03. The molecule has 7 heteroatoms. The summed E-state index contributed by atoms with van der Waals surface area (Å²) in [4.78, 5) is 19.9. The molecular weight excluding hydrogens is 220 g/mol. The zero-order valence-corrected chi connectivity index (χ0v) is 8.96. The monoisotopic (exact) mass is 236 g/mol. The van der Waals surface area contributed by atoms with Crippen LogP contribution < -0.4 is 0 Å². The van der Waals surface area contributed by atoms with Crippen LogP contribution in [0.3, 0.4) is 0 Å². The minimum atomic E-state index is -1.17. The zero-order valence-electron chi connectivity index (χ0n) is 8.96. The maximum absolute atomic E-state index is 10.1. The number of aliphatic carboxylic acids is 1. The van der Waals surface area contributed by atoms with Crippen LogP contribution in [0.1, 0.15) is 0 Å². The number of aliphatic hydroxyl groups is 2. The molecule has 16 heavy (non-hydrogen) atoms. The molecule has 0 fully saturated rings. The highest BCUT2D eigenvalue weighted by molar-refractivity contribution is 5.90. The highest BCUT2D eigenvalue weighted by Gasteiger charge is 1.91. The predicted octanol–water partition coefficient (Wildman–Crippen LogP) is -1.21. The molecule has 0 bridgehead atoms. The van der Waals surface area contributed by atoms with E-state index in [1.807, 2.05) is 0 Å². The van der Waals surface area contributed by atoms with Crippen molar-refractivity contribution >= 4 is 11.9 Å². The molecule has 0 aromatic heterocycles. The van der Waals surface area contributed by atoms with Crippen molar-refractivity contribution in [3.05, 3.63) is 12.2 Å². The summed E-state index contributed by atoms with van der Waals surface area (Å²) in [7, 11) is 1.18. The van der Waals surface area contributed by atoms with E-state index in [1.165, 1.54) is 7.11 Å². The fourth-order valence-electron chi connectivity index (χ4n) is 0.439. The Hall–Kier alpha value is -1.44. The molecule has 0 aromatic rings. The molecule has 0 aliphatic rings. The van der Waals surface area contributed by atoms with Gasteiger partial charge in [0, 0.05) is 12.2 Å². The Morgan fingerprint density at radius 1 is 1.12 bits per heavy atom. The first-order chi connectivity index (χ1) is 7.58. The third kappa shape index (κ3) is 18.4. The molecule has 0 atom stereocenters. The summed E-state index contributed by atoms with van der Waals surface area (Å²) in [6, 6.07) is 0. The topological polar surface area (TPSA) is 113 Å². The van der Waals surface area contributed by atoms with Gasteiger partial charge in [0.1, 0.15) is 0 Å². The number of carbonyl (C=O) groups is 2. The van der Waals surface area contributed by atoms with Crippen LogP contribution in [0.2, 0.25) is 0 Å². The van der Waals surface area contributed by atoms with E-state index in [1.54, 1.807) is 0 Å². The van der Waals surface area contributed by atoms with E-state index in [0.717, 1.165) is 6.08 Å². The second-order valence-corrected chi connectivity index (χ2v) is 2.25. The number of ether oxygens (including phenoxy) is 2. The number of carbonyl (C=O) groups excluding carboxylic acids is 1. The lowest BCUT2D eigenvalue weighted by atomic mass is 10.5. The van der Waals surface area contributed by atoms with Crippen molar-refractivity contribution in [1.82, 2.24) is 0 Å². The Labute approximate surface area is 92.9 Å². The van der Waals surface area contributed by atoms with E-state index < -0.39 is 11.9 Å². The van der Waals surface area contributed by atoms with Gasteiger partial charge in [-0.05, 0) is 0 Å². The fraction of sp³-hybridized carbons (Fsp3) is 0.556. The molecule has 0 rings (SSSR count). The number of methoxy groups -OCH3 is 1.